The Morgan fingerprint density at radius 3 is 2.18 bits per heavy atom. The van der Waals surface area contributed by atoms with E-state index in [2.05, 4.69) is 0 Å². The minimum atomic E-state index is -3.73. The molecular weight excluding hydrogens is 165 g/mol. The summed E-state index contributed by atoms with van der Waals surface area (Å²) in [5.74, 6) is 0. The van der Waals surface area contributed by atoms with Crippen molar-refractivity contribution in [1.82, 2.24) is 0 Å². The van der Waals surface area contributed by atoms with Gasteiger partial charge in [-0.05, 0) is 12.8 Å². The predicted molar refractivity (Wildman–Crippen MR) is 42.0 cm³/mol. The second kappa shape index (κ2) is 3.68. The first-order valence-corrected chi connectivity index (χ1v) is 5.47. The molecule has 0 bridgehead atoms. The maximum atomic E-state index is 8.68. The number of nitrogens with one attached hydrogen (secondary N) is 1. The molecule has 0 saturated heterocycles. The zero-order valence-electron chi connectivity index (χ0n) is 6.36. The minimum Gasteiger partial charge on any atom is -0.319 e. The lowest BCUT2D eigenvalue weighted by molar-refractivity contribution is 0.124. The summed E-state index contributed by atoms with van der Waals surface area (Å²) in [4.78, 5) is 17.4. The van der Waals surface area contributed by atoms with Gasteiger partial charge in [-0.25, -0.2) is 5.16 Å². The Balaban J connectivity index is 2.30. The zero-order chi connectivity index (χ0) is 8.32. The number of hydrogen-bond acceptors (Lipinski definition) is 2. The normalized spacial score (nSPS) is 22.0. The molecule has 66 valence electrons. The van der Waals surface area contributed by atoms with Crippen LogP contribution in [0.1, 0.15) is 32.1 Å². The molecule has 1 saturated carbocycles. The van der Waals surface area contributed by atoms with Crippen LogP contribution in [0.3, 0.4) is 0 Å². The van der Waals surface area contributed by atoms with Crippen molar-refractivity contribution in [3.8, 4) is 0 Å². The molecule has 0 unspecified atom stereocenters. The quantitative estimate of drug-likeness (QED) is 0.566. The van der Waals surface area contributed by atoms with E-state index in [0.29, 0.717) is 0 Å². The van der Waals surface area contributed by atoms with Gasteiger partial charge < -0.3 is 9.79 Å². The molecule has 1 aliphatic carbocycles. The lowest BCUT2D eigenvalue weighted by Crippen LogP contribution is -2.14. The molecule has 5 heteroatoms. The molecule has 3 N–H and O–H groups in total. The summed E-state index contributed by atoms with van der Waals surface area (Å²) in [7, 11) is -3.73. The topological polar surface area (TPSA) is 73.5 Å². The molecule has 0 aromatic heterocycles. The van der Waals surface area contributed by atoms with Gasteiger partial charge in [0.15, 0.2) is 0 Å². The van der Waals surface area contributed by atoms with E-state index < -0.39 is 7.74 Å². The van der Waals surface area contributed by atoms with E-state index in [4.69, 9.17) is 19.5 Å². The molecule has 0 heterocycles. The predicted octanol–water partition coefficient (Wildman–Crippen LogP) is 1.85. The number of hydrogen-bond donors (Lipinski definition) is 3. The van der Waals surface area contributed by atoms with Crippen molar-refractivity contribution in [2.24, 2.45) is 0 Å². The van der Waals surface area contributed by atoms with Gasteiger partial charge in [-0.1, -0.05) is 19.3 Å². The fraction of sp³-hybridized carbons (Fsp3) is 1.00. The Hall–Kier alpha value is 0.110. The van der Waals surface area contributed by atoms with E-state index in [9.17, 15) is 0 Å². The molecule has 0 aromatic carbocycles. The van der Waals surface area contributed by atoms with Crippen LogP contribution in [0.4, 0.5) is 0 Å². The van der Waals surface area contributed by atoms with Gasteiger partial charge in [-0.2, -0.15) is 0 Å². The van der Waals surface area contributed by atoms with Crippen LogP contribution in [0.25, 0.3) is 0 Å². The van der Waals surface area contributed by atoms with Crippen LogP contribution in [0.5, 0.6) is 0 Å². The molecule has 0 aromatic rings. The van der Waals surface area contributed by atoms with Gasteiger partial charge in [0.25, 0.3) is 0 Å². The molecule has 11 heavy (non-hydrogen) atoms. The van der Waals surface area contributed by atoms with E-state index in [1.54, 1.807) is 0 Å². The van der Waals surface area contributed by atoms with Gasteiger partial charge in [0, 0.05) is 0 Å². The smallest absolute Gasteiger partial charge is 0.319 e. The largest absolute Gasteiger partial charge is 0.347 e. The third kappa shape index (κ3) is 3.87. The fourth-order valence-electron chi connectivity index (χ4n) is 1.38. The molecular formula is C6H14NO3P. The highest BCUT2D eigenvalue weighted by molar-refractivity contribution is 7.47. The molecule has 1 aliphatic rings. The van der Waals surface area contributed by atoms with Gasteiger partial charge in [-0.3, -0.25) is 4.52 Å². The van der Waals surface area contributed by atoms with Crippen LogP contribution in [0, 0.1) is 5.16 Å². The summed E-state index contributed by atoms with van der Waals surface area (Å²) in [6.45, 7) is 0. The third-order valence-corrected chi connectivity index (χ3v) is 2.44. The van der Waals surface area contributed by atoms with E-state index >= 15 is 0 Å². The van der Waals surface area contributed by atoms with Crippen LogP contribution in [-0.2, 0) is 4.52 Å². The fourth-order valence-corrected chi connectivity index (χ4v) is 2.00. The average molecular weight is 179 g/mol. The van der Waals surface area contributed by atoms with Crippen molar-refractivity contribution in [1.29, 1.82) is 5.16 Å². The Labute approximate surface area is 66.3 Å². The Morgan fingerprint density at radius 2 is 1.73 bits per heavy atom. The van der Waals surface area contributed by atoms with E-state index in [1.165, 1.54) is 6.42 Å². The van der Waals surface area contributed by atoms with E-state index in [0.717, 1.165) is 25.7 Å². The Bertz CT molecular complexity index is 161. The van der Waals surface area contributed by atoms with E-state index in [-0.39, 0.29) is 6.10 Å². The van der Waals surface area contributed by atoms with Crippen LogP contribution >= 0.6 is 7.74 Å². The van der Waals surface area contributed by atoms with Crippen molar-refractivity contribution in [3.63, 3.8) is 0 Å². The first-order valence-electron chi connectivity index (χ1n) is 3.86. The standard InChI is InChI=1S/C6H14NO3P/c7-11(8,9)10-6-4-2-1-3-5-6/h6H,1-5H2,(H3,7,8,9). The Morgan fingerprint density at radius 1 is 1.18 bits per heavy atom. The van der Waals surface area contributed by atoms with Crippen LogP contribution in [-0.4, -0.2) is 15.9 Å². The molecule has 0 amide bonds. The summed E-state index contributed by atoms with van der Waals surface area (Å²) < 4.78 is 4.77. The molecule has 1 rings (SSSR count). The maximum Gasteiger partial charge on any atom is 0.347 e. The second-order valence-corrected chi connectivity index (χ2v) is 4.21. The van der Waals surface area contributed by atoms with Gasteiger partial charge in [0.05, 0.1) is 6.10 Å². The summed E-state index contributed by atoms with van der Waals surface area (Å²) in [5.41, 5.74) is 0. The van der Waals surface area contributed by atoms with Gasteiger partial charge >= 0.3 is 7.74 Å². The maximum absolute atomic E-state index is 8.68. The van der Waals surface area contributed by atoms with Gasteiger partial charge in [-0.15, -0.1) is 0 Å². The highest BCUT2D eigenvalue weighted by atomic mass is 31.2. The van der Waals surface area contributed by atoms with Gasteiger partial charge in [0.1, 0.15) is 0 Å². The lowest BCUT2D eigenvalue weighted by atomic mass is 9.98. The molecule has 0 spiro atoms. The van der Waals surface area contributed by atoms with Crippen LogP contribution in [0.2, 0.25) is 0 Å². The Kier molecular flexibility index (Phi) is 3.07. The first-order chi connectivity index (χ1) is 5.08. The zero-order valence-corrected chi connectivity index (χ0v) is 7.26. The summed E-state index contributed by atoms with van der Waals surface area (Å²) in [5, 5.41) is 6.77. The summed E-state index contributed by atoms with van der Waals surface area (Å²) in [6.07, 6.45) is 4.98. The monoisotopic (exact) mass is 179 g/mol. The summed E-state index contributed by atoms with van der Waals surface area (Å²) in [6, 6.07) is 0. The molecule has 0 atom stereocenters. The minimum absolute atomic E-state index is 0.0930. The van der Waals surface area contributed by atoms with Crippen LogP contribution in [0.15, 0.2) is 0 Å². The first kappa shape index (κ1) is 9.20. The second-order valence-electron chi connectivity index (χ2n) is 2.91. The van der Waals surface area contributed by atoms with Crippen molar-refractivity contribution < 1.29 is 14.3 Å². The van der Waals surface area contributed by atoms with Crippen molar-refractivity contribution in [2.75, 3.05) is 0 Å². The van der Waals surface area contributed by atoms with Gasteiger partial charge in [0.2, 0.25) is 0 Å². The molecule has 4 nitrogen and oxygen atoms in total. The van der Waals surface area contributed by atoms with Crippen molar-refractivity contribution in [2.45, 2.75) is 38.2 Å². The van der Waals surface area contributed by atoms with Crippen LogP contribution < -0.4 is 0 Å². The average Bonchev–Trinajstić information content (AvgIpc) is 1.85. The highest BCUT2D eigenvalue weighted by Gasteiger charge is 2.20. The summed E-state index contributed by atoms with van der Waals surface area (Å²) >= 11 is 0. The van der Waals surface area contributed by atoms with Crippen molar-refractivity contribution >= 4 is 7.74 Å². The molecule has 0 radical (unpaired) electrons. The highest BCUT2D eigenvalue weighted by Crippen LogP contribution is 2.41. The molecule has 0 aliphatic heterocycles. The number of rotatable bonds is 2. The SMILES string of the molecule is N=P(O)(O)OC1CCCCC1. The van der Waals surface area contributed by atoms with E-state index in [1.807, 2.05) is 0 Å². The lowest BCUT2D eigenvalue weighted by Gasteiger charge is -2.23. The molecule has 1 fully saturated rings. The third-order valence-electron chi connectivity index (χ3n) is 1.85. The van der Waals surface area contributed by atoms with Crippen molar-refractivity contribution in [3.05, 3.63) is 0 Å².